The zero-order chi connectivity index (χ0) is 34.6. The molecule has 3 aliphatic rings. The Bertz CT molecular complexity index is 1920. The van der Waals surface area contributed by atoms with Crippen LogP contribution in [0.2, 0.25) is 0 Å². The van der Waals surface area contributed by atoms with Crippen molar-refractivity contribution in [2.45, 2.75) is 38.8 Å². The van der Waals surface area contributed by atoms with Crippen molar-refractivity contribution >= 4 is 40.2 Å². The first-order valence-electron chi connectivity index (χ1n) is 17.2. The van der Waals surface area contributed by atoms with E-state index in [-0.39, 0.29) is 11.6 Å². The summed E-state index contributed by atoms with van der Waals surface area (Å²) in [6, 6.07) is 12.0. The summed E-state index contributed by atoms with van der Waals surface area (Å²) in [5.41, 5.74) is 17.3. The van der Waals surface area contributed by atoms with Gasteiger partial charge < -0.3 is 26.0 Å². The lowest BCUT2D eigenvalue weighted by Crippen LogP contribution is -2.47. The van der Waals surface area contributed by atoms with Crippen LogP contribution in [0.1, 0.15) is 53.2 Å². The Labute approximate surface area is 290 Å². The van der Waals surface area contributed by atoms with Crippen molar-refractivity contribution in [2.24, 2.45) is 16.5 Å². The Morgan fingerprint density at radius 2 is 1.86 bits per heavy atom. The number of nitrogens with two attached hydrogens (primary N) is 2. The van der Waals surface area contributed by atoms with Crippen molar-refractivity contribution in [3.63, 3.8) is 0 Å². The average Bonchev–Trinajstić information content (AvgIpc) is 3.54. The molecule has 0 aliphatic carbocycles. The van der Waals surface area contributed by atoms with Gasteiger partial charge in [-0.25, -0.2) is 0 Å². The van der Waals surface area contributed by atoms with Crippen molar-refractivity contribution in [1.82, 2.24) is 34.8 Å². The molecule has 6 heterocycles. The van der Waals surface area contributed by atoms with E-state index in [4.69, 9.17) is 26.3 Å². The number of hydrogen-bond donors (Lipinski definition) is 2. The van der Waals surface area contributed by atoms with Crippen molar-refractivity contribution in [3.8, 4) is 11.3 Å². The molecule has 14 nitrogen and oxygen atoms in total. The number of pyridine rings is 1. The number of hydrogen-bond acceptors (Lipinski definition) is 11. The van der Waals surface area contributed by atoms with Crippen LogP contribution in [0.15, 0.2) is 53.8 Å². The van der Waals surface area contributed by atoms with Crippen LogP contribution in [0.5, 0.6) is 0 Å². The molecule has 0 spiro atoms. The van der Waals surface area contributed by atoms with Crippen LogP contribution < -0.4 is 16.4 Å². The molecular weight excluding hydrogens is 634 g/mol. The van der Waals surface area contributed by atoms with Crippen molar-refractivity contribution in [2.75, 3.05) is 63.9 Å². The van der Waals surface area contributed by atoms with Gasteiger partial charge in [-0.3, -0.25) is 29.1 Å². The Morgan fingerprint density at radius 1 is 1.04 bits per heavy atom. The zero-order valence-corrected chi connectivity index (χ0v) is 28.4. The topological polar surface area (TPSA) is 174 Å². The van der Waals surface area contributed by atoms with Gasteiger partial charge in [0, 0.05) is 119 Å². The molecule has 2 saturated heterocycles. The first-order chi connectivity index (χ1) is 24.4. The standard InChI is InChI=1S/C36H43N11O3/c1-24(48)46-11-7-33-30(23-46)35(43-47(33)27-8-17-50-18-9-27)28-4-2-3-25-19-32(40-22-29(25)28)26(20-37)21-39-10-12-44-13-15-45(16-14-44)34-6-5-31(36(38)49)41-42-34/h2-6,19-22,27H,7-18,23,37H2,1H3,(H2,38,49)/b26-20+,39-21?. The van der Waals surface area contributed by atoms with E-state index in [0.717, 1.165) is 110 Å². The highest BCUT2D eigenvalue weighted by atomic mass is 16.5. The van der Waals surface area contributed by atoms with Gasteiger partial charge in [0.1, 0.15) is 0 Å². The number of carbonyl (C=O) groups excluding carboxylic acids is 2. The molecule has 0 saturated carbocycles. The summed E-state index contributed by atoms with van der Waals surface area (Å²) in [5.74, 6) is 0.236. The minimum atomic E-state index is -0.583. The zero-order valence-electron chi connectivity index (χ0n) is 28.4. The second-order valence-electron chi connectivity index (χ2n) is 13.0. The van der Waals surface area contributed by atoms with Gasteiger partial charge in [-0.1, -0.05) is 18.2 Å². The number of ether oxygens (including phenoxy) is 1. The van der Waals surface area contributed by atoms with Crippen LogP contribution in [0, 0.1) is 0 Å². The molecule has 3 aromatic heterocycles. The van der Waals surface area contributed by atoms with Gasteiger partial charge >= 0.3 is 0 Å². The molecule has 0 bridgehead atoms. The lowest BCUT2D eigenvalue weighted by Gasteiger charge is -2.34. The van der Waals surface area contributed by atoms with E-state index in [1.165, 1.54) is 5.69 Å². The molecule has 260 valence electrons. The number of amides is 2. The molecule has 14 heteroatoms. The molecule has 0 unspecified atom stereocenters. The molecule has 0 atom stereocenters. The van der Waals surface area contributed by atoms with Crippen LogP contribution in [0.4, 0.5) is 5.82 Å². The summed E-state index contributed by atoms with van der Waals surface area (Å²) in [7, 11) is 0. The van der Waals surface area contributed by atoms with Crippen molar-refractivity contribution < 1.29 is 14.3 Å². The Kier molecular flexibility index (Phi) is 9.81. The van der Waals surface area contributed by atoms with Gasteiger partial charge in [0.2, 0.25) is 5.91 Å². The first-order valence-corrected chi connectivity index (χ1v) is 17.2. The molecular formula is C36H43N11O3. The van der Waals surface area contributed by atoms with E-state index in [9.17, 15) is 9.59 Å². The van der Waals surface area contributed by atoms with Crippen molar-refractivity contribution in [3.05, 3.63) is 71.4 Å². The lowest BCUT2D eigenvalue weighted by molar-refractivity contribution is -0.129. The van der Waals surface area contributed by atoms with E-state index in [2.05, 4.69) is 47.9 Å². The number of primary amides is 1. The fourth-order valence-corrected chi connectivity index (χ4v) is 7.08. The van der Waals surface area contributed by atoms with Gasteiger partial charge in [-0.05, 0) is 36.4 Å². The van der Waals surface area contributed by atoms with E-state index >= 15 is 0 Å². The molecule has 2 fully saturated rings. The monoisotopic (exact) mass is 677 g/mol. The number of carbonyl (C=O) groups is 2. The number of rotatable bonds is 9. The van der Waals surface area contributed by atoms with Gasteiger partial charge in [0.05, 0.1) is 24.0 Å². The molecule has 50 heavy (non-hydrogen) atoms. The number of aromatic nitrogens is 5. The highest BCUT2D eigenvalue weighted by Crippen LogP contribution is 2.37. The molecule has 0 radical (unpaired) electrons. The number of aliphatic imine (C=N–C) groups is 1. The quantitative estimate of drug-likeness (QED) is 0.251. The molecule has 4 aromatic rings. The Morgan fingerprint density at radius 3 is 2.58 bits per heavy atom. The largest absolute Gasteiger partial charge is 0.404 e. The normalized spacial score (nSPS) is 17.8. The third kappa shape index (κ3) is 6.94. The highest BCUT2D eigenvalue weighted by Gasteiger charge is 2.30. The number of fused-ring (bicyclic) bond motifs is 2. The fraction of sp³-hybridized carbons (Fsp3) is 0.417. The van der Waals surface area contributed by atoms with Crippen LogP contribution >= 0.6 is 0 Å². The van der Waals surface area contributed by atoms with Gasteiger partial charge in [0.25, 0.3) is 5.91 Å². The predicted octanol–water partition coefficient (Wildman–Crippen LogP) is 2.44. The lowest BCUT2D eigenvalue weighted by atomic mass is 9.96. The highest BCUT2D eigenvalue weighted by molar-refractivity contribution is 6.10. The maximum absolute atomic E-state index is 12.4. The van der Waals surface area contributed by atoms with Crippen LogP contribution in [-0.2, 0) is 22.5 Å². The second kappa shape index (κ2) is 14.7. The predicted molar refractivity (Wildman–Crippen MR) is 192 cm³/mol. The van der Waals surface area contributed by atoms with E-state index in [1.54, 1.807) is 31.5 Å². The van der Waals surface area contributed by atoms with E-state index in [0.29, 0.717) is 25.7 Å². The Balaban J connectivity index is 1.03. The summed E-state index contributed by atoms with van der Waals surface area (Å²) in [6.07, 6.45) is 7.90. The summed E-state index contributed by atoms with van der Waals surface area (Å²) in [4.78, 5) is 39.6. The minimum absolute atomic E-state index is 0.0794. The summed E-state index contributed by atoms with van der Waals surface area (Å²) < 4.78 is 7.86. The average molecular weight is 678 g/mol. The number of benzene rings is 1. The first kappa shape index (κ1) is 33.3. The number of piperazine rings is 1. The summed E-state index contributed by atoms with van der Waals surface area (Å²) in [5, 5.41) is 15.3. The maximum atomic E-state index is 12.4. The molecule has 2 amide bonds. The third-order valence-electron chi connectivity index (χ3n) is 9.94. The number of anilines is 1. The number of nitrogens with zero attached hydrogens (tertiary/aromatic N) is 9. The molecule has 7 rings (SSSR count). The molecule has 4 N–H and O–H groups in total. The summed E-state index contributed by atoms with van der Waals surface area (Å²) in [6.45, 7) is 9.15. The minimum Gasteiger partial charge on any atom is -0.404 e. The second-order valence-corrected chi connectivity index (χ2v) is 13.0. The van der Waals surface area contributed by atoms with E-state index < -0.39 is 5.91 Å². The van der Waals surface area contributed by atoms with Gasteiger partial charge in [-0.15, -0.1) is 10.2 Å². The Hall–Kier alpha value is -5.21. The molecule has 1 aromatic carbocycles. The fourth-order valence-electron chi connectivity index (χ4n) is 7.08. The van der Waals surface area contributed by atoms with Gasteiger partial charge in [-0.2, -0.15) is 5.10 Å². The van der Waals surface area contributed by atoms with Crippen molar-refractivity contribution in [1.29, 1.82) is 0 Å². The van der Waals surface area contributed by atoms with Gasteiger partial charge in [0.15, 0.2) is 11.5 Å². The smallest absolute Gasteiger partial charge is 0.269 e. The maximum Gasteiger partial charge on any atom is 0.269 e. The van der Waals surface area contributed by atoms with Crippen LogP contribution in [-0.4, -0.2) is 112 Å². The van der Waals surface area contributed by atoms with Crippen LogP contribution in [0.3, 0.4) is 0 Å². The third-order valence-corrected chi connectivity index (χ3v) is 9.94. The SMILES string of the molecule is CC(=O)N1CCc2c(c(-c3cccc4cc(/C(C=NCCN5CCN(c6ccc(C(N)=O)nn6)CC5)=C/N)ncc34)nn2C2CCOCC2)C1. The van der Waals surface area contributed by atoms with E-state index in [1.807, 2.05) is 17.2 Å². The number of allylic oxidation sites excluding steroid dienone is 1. The molecule has 3 aliphatic heterocycles. The summed E-state index contributed by atoms with van der Waals surface area (Å²) >= 11 is 0. The van der Waals surface area contributed by atoms with Crippen LogP contribution in [0.25, 0.3) is 27.6 Å².